The third kappa shape index (κ3) is 3.44. The molecule has 0 atom stereocenters. The minimum atomic E-state index is -0.958. The van der Waals surface area contributed by atoms with Crippen molar-refractivity contribution in [2.24, 2.45) is 0 Å². The molecule has 0 aliphatic rings. The van der Waals surface area contributed by atoms with Gasteiger partial charge in [-0.2, -0.15) is 0 Å². The molecule has 0 unspecified atom stereocenters. The molecule has 0 aromatic carbocycles. The Morgan fingerprint density at radius 2 is 2.06 bits per heavy atom. The highest BCUT2D eigenvalue weighted by molar-refractivity contribution is 5.99. The summed E-state index contributed by atoms with van der Waals surface area (Å²) in [7, 11) is 1.51. The number of aliphatic carboxylic acids is 1. The summed E-state index contributed by atoms with van der Waals surface area (Å²) in [6, 6.07) is 1.46. The van der Waals surface area contributed by atoms with Crippen molar-refractivity contribution in [2.75, 3.05) is 13.6 Å². The molecule has 17 heavy (non-hydrogen) atoms. The lowest BCUT2D eigenvalue weighted by atomic mass is 10.2. The van der Waals surface area contributed by atoms with Gasteiger partial charge in [-0.15, -0.1) is 0 Å². The highest BCUT2D eigenvalue weighted by atomic mass is 16.4. The highest BCUT2D eigenvalue weighted by Crippen LogP contribution is 2.07. The zero-order valence-electron chi connectivity index (χ0n) is 9.69. The molecule has 2 N–H and O–H groups in total. The molecule has 1 aromatic heterocycles. The lowest BCUT2D eigenvalue weighted by Gasteiger charge is -2.14. The van der Waals surface area contributed by atoms with E-state index in [1.165, 1.54) is 31.1 Å². The topological polar surface area (TPSA) is 90.5 Å². The highest BCUT2D eigenvalue weighted by Gasteiger charge is 2.15. The smallest absolute Gasteiger partial charge is 0.305 e. The molecule has 6 heteroatoms. The number of nitrogens with zero attached hydrogens (tertiary/aromatic N) is 1. The van der Waals surface area contributed by atoms with Crippen LogP contribution in [0.15, 0.2) is 12.3 Å². The first-order valence-electron chi connectivity index (χ1n) is 5.08. The van der Waals surface area contributed by atoms with Gasteiger partial charge in [-0.05, 0) is 13.0 Å². The number of amides is 1. The molecule has 6 nitrogen and oxygen atoms in total. The van der Waals surface area contributed by atoms with E-state index in [-0.39, 0.29) is 30.3 Å². The number of Topliss-reactive ketones (excluding diaryl/α,β-unsaturated/α-hetero) is 1. The average molecular weight is 238 g/mol. The molecule has 1 amide bonds. The van der Waals surface area contributed by atoms with Gasteiger partial charge < -0.3 is 15.0 Å². The third-order valence-electron chi connectivity index (χ3n) is 2.33. The first kappa shape index (κ1) is 13.0. The maximum atomic E-state index is 11.8. The molecule has 1 aromatic rings. The maximum Gasteiger partial charge on any atom is 0.305 e. The van der Waals surface area contributed by atoms with Gasteiger partial charge in [0.15, 0.2) is 5.78 Å². The molecular formula is C11H14N2O4. The molecule has 92 valence electrons. The Hall–Kier alpha value is -2.11. The van der Waals surface area contributed by atoms with Crippen LogP contribution in [-0.4, -0.2) is 46.2 Å². The van der Waals surface area contributed by atoms with E-state index in [0.29, 0.717) is 5.56 Å². The van der Waals surface area contributed by atoms with Crippen molar-refractivity contribution in [3.05, 3.63) is 23.5 Å². The first-order valence-corrected chi connectivity index (χ1v) is 5.08. The number of aromatic amines is 1. The lowest BCUT2D eigenvalue weighted by Crippen LogP contribution is -2.29. The monoisotopic (exact) mass is 238 g/mol. The van der Waals surface area contributed by atoms with Gasteiger partial charge in [0.2, 0.25) is 0 Å². The molecule has 0 spiro atoms. The van der Waals surface area contributed by atoms with Gasteiger partial charge >= 0.3 is 5.97 Å². The Balaban J connectivity index is 2.68. The van der Waals surface area contributed by atoms with Gasteiger partial charge in [0.25, 0.3) is 5.91 Å². The summed E-state index contributed by atoms with van der Waals surface area (Å²) in [5.74, 6) is -1.42. The van der Waals surface area contributed by atoms with Crippen LogP contribution in [0.5, 0.6) is 0 Å². The van der Waals surface area contributed by atoms with Crippen LogP contribution in [0.4, 0.5) is 0 Å². The fourth-order valence-electron chi connectivity index (χ4n) is 1.29. The van der Waals surface area contributed by atoms with Crippen molar-refractivity contribution >= 4 is 17.7 Å². The standard InChI is InChI=1S/C11H14N2O4/c1-7(14)8-5-9(12-6-8)11(17)13(2)4-3-10(15)16/h5-6,12H,3-4H2,1-2H3,(H,15,16). The molecule has 0 fully saturated rings. The fourth-order valence-corrected chi connectivity index (χ4v) is 1.29. The molecule has 0 bridgehead atoms. The van der Waals surface area contributed by atoms with Crippen LogP contribution in [0.2, 0.25) is 0 Å². The normalized spacial score (nSPS) is 10.0. The van der Waals surface area contributed by atoms with Gasteiger partial charge in [-0.3, -0.25) is 14.4 Å². The van der Waals surface area contributed by atoms with Crippen LogP contribution < -0.4 is 0 Å². The Morgan fingerprint density at radius 1 is 1.41 bits per heavy atom. The second-order valence-electron chi connectivity index (χ2n) is 3.73. The van der Waals surface area contributed by atoms with E-state index in [0.717, 1.165) is 0 Å². The van der Waals surface area contributed by atoms with E-state index in [4.69, 9.17) is 5.11 Å². The first-order chi connectivity index (χ1) is 7.91. The second kappa shape index (κ2) is 5.29. The predicted molar refractivity (Wildman–Crippen MR) is 60.0 cm³/mol. The van der Waals surface area contributed by atoms with Crippen LogP contribution >= 0.6 is 0 Å². The molecule has 0 saturated heterocycles. The Kier molecular flexibility index (Phi) is 4.03. The molecule has 0 radical (unpaired) electrons. The van der Waals surface area contributed by atoms with E-state index in [1.54, 1.807) is 0 Å². The van der Waals surface area contributed by atoms with Crippen LogP contribution in [0, 0.1) is 0 Å². The van der Waals surface area contributed by atoms with Gasteiger partial charge in [-0.1, -0.05) is 0 Å². The lowest BCUT2D eigenvalue weighted by molar-refractivity contribution is -0.137. The minimum Gasteiger partial charge on any atom is -0.481 e. The van der Waals surface area contributed by atoms with Crippen molar-refractivity contribution in [3.8, 4) is 0 Å². The van der Waals surface area contributed by atoms with Crippen LogP contribution in [0.1, 0.15) is 34.2 Å². The largest absolute Gasteiger partial charge is 0.481 e. The molecule has 0 aliphatic heterocycles. The SMILES string of the molecule is CC(=O)c1c[nH]c(C(=O)N(C)CCC(=O)O)c1. The minimum absolute atomic E-state index is 0.109. The number of aromatic nitrogens is 1. The molecule has 0 aliphatic carbocycles. The molecule has 0 saturated carbocycles. The van der Waals surface area contributed by atoms with E-state index in [9.17, 15) is 14.4 Å². The summed E-state index contributed by atoms with van der Waals surface area (Å²) in [6.07, 6.45) is 1.35. The number of carboxylic acid groups (broad SMARTS) is 1. The maximum absolute atomic E-state index is 11.8. The predicted octanol–water partition coefficient (Wildman–Crippen LogP) is 0.764. The average Bonchev–Trinajstić information content (AvgIpc) is 2.73. The number of carbonyl (C=O) groups is 3. The summed E-state index contributed by atoms with van der Waals surface area (Å²) in [5.41, 5.74) is 0.711. The number of carboxylic acids is 1. The number of nitrogens with one attached hydrogen (secondary N) is 1. The van der Waals surface area contributed by atoms with Crippen molar-refractivity contribution in [1.29, 1.82) is 0 Å². The van der Waals surface area contributed by atoms with Gasteiger partial charge in [0.1, 0.15) is 5.69 Å². The quantitative estimate of drug-likeness (QED) is 0.741. The van der Waals surface area contributed by atoms with Gasteiger partial charge in [0.05, 0.1) is 6.42 Å². The summed E-state index contributed by atoms with van der Waals surface area (Å²) in [4.78, 5) is 37.2. The number of H-pyrrole nitrogens is 1. The van der Waals surface area contributed by atoms with Crippen LogP contribution in [0.25, 0.3) is 0 Å². The van der Waals surface area contributed by atoms with E-state index >= 15 is 0 Å². The van der Waals surface area contributed by atoms with E-state index in [1.807, 2.05) is 0 Å². The molecule has 1 heterocycles. The number of hydrogen-bond donors (Lipinski definition) is 2. The summed E-state index contributed by atoms with van der Waals surface area (Å²) < 4.78 is 0. The second-order valence-corrected chi connectivity index (χ2v) is 3.73. The van der Waals surface area contributed by atoms with Crippen molar-refractivity contribution in [2.45, 2.75) is 13.3 Å². The fraction of sp³-hybridized carbons (Fsp3) is 0.364. The number of hydrogen-bond acceptors (Lipinski definition) is 3. The zero-order chi connectivity index (χ0) is 13.0. The molecule has 1 rings (SSSR count). The Bertz CT molecular complexity index is 450. The van der Waals surface area contributed by atoms with Crippen LogP contribution in [0.3, 0.4) is 0 Å². The van der Waals surface area contributed by atoms with Crippen molar-refractivity contribution in [3.63, 3.8) is 0 Å². The summed E-state index contributed by atoms with van der Waals surface area (Å²) in [5, 5.41) is 8.50. The Morgan fingerprint density at radius 3 is 2.53 bits per heavy atom. The van der Waals surface area contributed by atoms with Crippen molar-refractivity contribution < 1.29 is 19.5 Å². The van der Waals surface area contributed by atoms with E-state index < -0.39 is 5.97 Å². The number of carbonyl (C=O) groups excluding carboxylic acids is 2. The van der Waals surface area contributed by atoms with E-state index in [2.05, 4.69) is 4.98 Å². The van der Waals surface area contributed by atoms with Gasteiger partial charge in [-0.25, -0.2) is 0 Å². The summed E-state index contributed by atoms with van der Waals surface area (Å²) in [6.45, 7) is 1.54. The van der Waals surface area contributed by atoms with Crippen LogP contribution in [-0.2, 0) is 4.79 Å². The Labute approximate surface area is 98.2 Å². The summed E-state index contributed by atoms with van der Waals surface area (Å²) >= 11 is 0. The zero-order valence-corrected chi connectivity index (χ0v) is 9.69. The molecular weight excluding hydrogens is 224 g/mol. The third-order valence-corrected chi connectivity index (χ3v) is 2.33. The number of ketones is 1. The van der Waals surface area contributed by atoms with Crippen molar-refractivity contribution in [1.82, 2.24) is 9.88 Å². The number of rotatable bonds is 5. The van der Waals surface area contributed by atoms with Gasteiger partial charge in [0, 0.05) is 25.4 Å².